The third kappa shape index (κ3) is 2.55. The number of hydrogen-bond acceptors (Lipinski definition) is 2. The van der Waals surface area contributed by atoms with E-state index >= 15 is 0 Å². The highest BCUT2D eigenvalue weighted by molar-refractivity contribution is 5.73. The molecular weight excluding hydrogens is 157 g/mol. The van der Waals surface area contributed by atoms with E-state index < -0.39 is 12.1 Å². The van der Waals surface area contributed by atoms with E-state index in [1.807, 2.05) is 4.90 Å². The van der Waals surface area contributed by atoms with Gasteiger partial charge in [-0.1, -0.05) is 12.8 Å². The van der Waals surface area contributed by atoms with Crippen molar-refractivity contribution in [3.63, 3.8) is 0 Å². The van der Waals surface area contributed by atoms with Crippen LogP contribution in [-0.4, -0.2) is 30.1 Å². The number of hydrogen-bond donors (Lipinski definition) is 0. The van der Waals surface area contributed by atoms with Crippen molar-refractivity contribution in [3.05, 3.63) is 0 Å². The van der Waals surface area contributed by atoms with Crippen LogP contribution in [-0.2, 0) is 4.79 Å². The van der Waals surface area contributed by atoms with Gasteiger partial charge in [-0.05, 0) is 32.9 Å². The highest BCUT2D eigenvalue weighted by Gasteiger charge is 2.21. The lowest BCUT2D eigenvalue weighted by Crippen LogP contribution is -2.37. The lowest BCUT2D eigenvalue weighted by atomic mass is 10.2. The summed E-state index contributed by atoms with van der Waals surface area (Å²) < 4.78 is 12.3. The molecule has 0 aromatic carbocycles. The zero-order valence-electron chi connectivity index (χ0n) is 7.55. The predicted molar refractivity (Wildman–Crippen MR) is 45.6 cm³/mol. The SMILES string of the molecule is CC(C(=O)F)N1CCCCCC1. The summed E-state index contributed by atoms with van der Waals surface area (Å²) in [6.45, 7) is 3.39. The van der Waals surface area contributed by atoms with Gasteiger partial charge in [0.2, 0.25) is 0 Å². The van der Waals surface area contributed by atoms with Gasteiger partial charge < -0.3 is 0 Å². The summed E-state index contributed by atoms with van der Waals surface area (Å²) in [6, 6.07) is -1.72. The Morgan fingerprint density at radius 2 is 1.75 bits per heavy atom. The molecule has 1 aliphatic heterocycles. The van der Waals surface area contributed by atoms with E-state index in [0.717, 1.165) is 25.9 Å². The molecule has 12 heavy (non-hydrogen) atoms. The number of rotatable bonds is 2. The summed E-state index contributed by atoms with van der Waals surface area (Å²) in [4.78, 5) is 12.4. The number of nitrogens with zero attached hydrogens (tertiary/aromatic N) is 1. The molecule has 1 atom stereocenters. The maximum Gasteiger partial charge on any atom is 0.318 e. The van der Waals surface area contributed by atoms with E-state index in [4.69, 9.17) is 0 Å². The van der Waals surface area contributed by atoms with Crippen molar-refractivity contribution in [1.29, 1.82) is 0 Å². The lowest BCUT2D eigenvalue weighted by molar-refractivity contribution is -0.134. The van der Waals surface area contributed by atoms with Crippen molar-refractivity contribution in [1.82, 2.24) is 4.90 Å². The first-order valence-corrected chi connectivity index (χ1v) is 4.65. The molecule has 1 unspecified atom stereocenters. The minimum absolute atomic E-state index is 0.525. The van der Waals surface area contributed by atoms with Gasteiger partial charge in [-0.15, -0.1) is 0 Å². The largest absolute Gasteiger partial charge is 0.318 e. The van der Waals surface area contributed by atoms with Crippen molar-refractivity contribution in [2.75, 3.05) is 13.1 Å². The Morgan fingerprint density at radius 1 is 1.25 bits per heavy atom. The molecule has 3 heteroatoms. The first-order chi connectivity index (χ1) is 5.72. The maximum absolute atomic E-state index is 12.3. The van der Waals surface area contributed by atoms with Crippen LogP contribution in [0.3, 0.4) is 0 Å². The zero-order valence-corrected chi connectivity index (χ0v) is 7.55. The Labute approximate surface area is 72.7 Å². The first kappa shape index (κ1) is 9.65. The van der Waals surface area contributed by atoms with E-state index in [9.17, 15) is 9.18 Å². The molecule has 70 valence electrons. The van der Waals surface area contributed by atoms with Crippen LogP contribution >= 0.6 is 0 Å². The summed E-state index contributed by atoms with van der Waals surface area (Å²) >= 11 is 0. The molecule has 0 aromatic rings. The van der Waals surface area contributed by atoms with Gasteiger partial charge in [-0.25, -0.2) is 0 Å². The Morgan fingerprint density at radius 3 is 2.17 bits per heavy atom. The third-order valence-electron chi connectivity index (χ3n) is 2.52. The molecule has 1 aliphatic rings. The molecule has 0 N–H and O–H groups in total. The van der Waals surface area contributed by atoms with Gasteiger partial charge in [-0.2, -0.15) is 4.39 Å². The molecule has 0 saturated carbocycles. The number of halogens is 1. The molecular formula is C9H16FNO. The van der Waals surface area contributed by atoms with Crippen molar-refractivity contribution >= 4 is 6.04 Å². The van der Waals surface area contributed by atoms with Crippen molar-refractivity contribution in [2.45, 2.75) is 38.6 Å². The third-order valence-corrected chi connectivity index (χ3v) is 2.52. The topological polar surface area (TPSA) is 20.3 Å². The van der Waals surface area contributed by atoms with Crippen LogP contribution in [0.2, 0.25) is 0 Å². The standard InChI is InChI=1S/C9H16FNO/c1-8(9(10)12)11-6-4-2-3-5-7-11/h8H,2-7H2,1H3. The van der Waals surface area contributed by atoms with Crippen LogP contribution < -0.4 is 0 Å². The van der Waals surface area contributed by atoms with Crippen molar-refractivity contribution in [2.24, 2.45) is 0 Å². The van der Waals surface area contributed by atoms with Gasteiger partial charge in [0.05, 0.1) is 6.04 Å². The van der Waals surface area contributed by atoms with Gasteiger partial charge in [0.1, 0.15) is 0 Å². The summed E-state index contributed by atoms with van der Waals surface area (Å²) in [6.07, 6.45) is 4.61. The second-order valence-electron chi connectivity index (χ2n) is 3.43. The fraction of sp³-hybridized carbons (Fsp3) is 0.889. The van der Waals surface area contributed by atoms with E-state index in [-0.39, 0.29) is 0 Å². The summed E-state index contributed by atoms with van der Waals surface area (Å²) in [5, 5.41) is 0. The molecule has 2 nitrogen and oxygen atoms in total. The molecule has 0 bridgehead atoms. The van der Waals surface area contributed by atoms with E-state index in [1.165, 1.54) is 12.8 Å². The molecule has 1 saturated heterocycles. The summed E-state index contributed by atoms with van der Waals surface area (Å²) in [7, 11) is 0. The number of likely N-dealkylation sites (tertiary alicyclic amines) is 1. The number of carbonyl (C=O) groups excluding carboxylic acids is 1. The van der Waals surface area contributed by atoms with Crippen LogP contribution in [0.1, 0.15) is 32.6 Å². The van der Waals surface area contributed by atoms with Gasteiger partial charge in [-0.3, -0.25) is 9.69 Å². The minimum atomic E-state index is -1.20. The monoisotopic (exact) mass is 173 g/mol. The van der Waals surface area contributed by atoms with Crippen LogP contribution in [0.15, 0.2) is 0 Å². The van der Waals surface area contributed by atoms with Crippen LogP contribution in [0, 0.1) is 0 Å². The normalized spacial score (nSPS) is 23.2. The maximum atomic E-state index is 12.3. The Hall–Kier alpha value is -0.440. The minimum Gasteiger partial charge on any atom is -0.291 e. The average Bonchev–Trinajstić information content (AvgIpc) is 2.30. The van der Waals surface area contributed by atoms with Crippen LogP contribution in [0.5, 0.6) is 0 Å². The fourth-order valence-electron chi connectivity index (χ4n) is 1.63. The van der Waals surface area contributed by atoms with E-state index in [2.05, 4.69) is 0 Å². The van der Waals surface area contributed by atoms with Gasteiger partial charge in [0, 0.05) is 0 Å². The molecule has 1 rings (SSSR count). The molecule has 0 radical (unpaired) electrons. The van der Waals surface area contributed by atoms with Crippen molar-refractivity contribution < 1.29 is 9.18 Å². The average molecular weight is 173 g/mol. The van der Waals surface area contributed by atoms with E-state index in [1.54, 1.807) is 6.92 Å². The molecule has 1 heterocycles. The summed E-state index contributed by atoms with van der Waals surface area (Å²) in [5.74, 6) is 0. The molecule has 0 aromatic heterocycles. The molecule has 0 aliphatic carbocycles. The molecule has 0 amide bonds. The van der Waals surface area contributed by atoms with Crippen molar-refractivity contribution in [3.8, 4) is 0 Å². The van der Waals surface area contributed by atoms with Gasteiger partial charge in [0.15, 0.2) is 0 Å². The fourth-order valence-corrected chi connectivity index (χ4v) is 1.63. The highest BCUT2D eigenvalue weighted by atomic mass is 19.1. The highest BCUT2D eigenvalue weighted by Crippen LogP contribution is 2.12. The van der Waals surface area contributed by atoms with Crippen LogP contribution in [0.4, 0.5) is 4.39 Å². The smallest absolute Gasteiger partial charge is 0.291 e. The number of carbonyl (C=O) groups is 1. The van der Waals surface area contributed by atoms with Crippen LogP contribution in [0.25, 0.3) is 0 Å². The second kappa shape index (κ2) is 4.55. The van der Waals surface area contributed by atoms with Gasteiger partial charge >= 0.3 is 6.04 Å². The molecule has 0 spiro atoms. The Kier molecular flexibility index (Phi) is 3.66. The van der Waals surface area contributed by atoms with E-state index in [0.29, 0.717) is 0 Å². The Bertz CT molecular complexity index is 153. The second-order valence-corrected chi connectivity index (χ2v) is 3.43. The first-order valence-electron chi connectivity index (χ1n) is 4.65. The predicted octanol–water partition coefficient (Wildman–Crippen LogP) is 1.75. The molecule has 1 fully saturated rings. The summed E-state index contributed by atoms with van der Waals surface area (Å²) in [5.41, 5.74) is 0. The lowest BCUT2D eigenvalue weighted by Gasteiger charge is -2.23. The quantitative estimate of drug-likeness (QED) is 0.593. The van der Waals surface area contributed by atoms with Gasteiger partial charge in [0.25, 0.3) is 0 Å². The Balaban J connectivity index is 2.42. The zero-order chi connectivity index (χ0) is 8.97.